The Morgan fingerprint density at radius 2 is 1.76 bits per heavy atom. The lowest BCUT2D eigenvalue weighted by molar-refractivity contribution is 0.475. The maximum atomic E-state index is 9.36. The highest BCUT2D eigenvalue weighted by Crippen LogP contribution is 2.23. The molecule has 1 atom stereocenters. The zero-order chi connectivity index (χ0) is 14.7. The summed E-state index contributed by atoms with van der Waals surface area (Å²) in [5.41, 5.74) is 2.41. The van der Waals surface area contributed by atoms with Crippen molar-refractivity contribution >= 4 is 0 Å². The van der Waals surface area contributed by atoms with Crippen LogP contribution in [0.4, 0.5) is 0 Å². The van der Waals surface area contributed by atoms with E-state index in [-0.39, 0.29) is 5.92 Å². The first-order valence-corrected chi connectivity index (χ1v) is 7.08. The number of phenolic OH excluding ortho intramolecular Hbond substituents is 1. The standard InChI is InChI=1S/C18H18N2O/c1-14(16-5-3-2-4-6-16)18-19-11-12-20(18)13-15-7-9-17(21)10-8-15/h2-12,14,21H,13H2,1H3. The molecular formula is C18H18N2O. The maximum absolute atomic E-state index is 9.36. The van der Waals surface area contributed by atoms with Gasteiger partial charge in [-0.05, 0) is 23.3 Å². The fourth-order valence-corrected chi connectivity index (χ4v) is 2.52. The Bertz CT molecular complexity index is 702. The van der Waals surface area contributed by atoms with Gasteiger partial charge in [-0.15, -0.1) is 0 Å². The summed E-state index contributed by atoms with van der Waals surface area (Å²) >= 11 is 0. The van der Waals surface area contributed by atoms with Crippen molar-refractivity contribution in [3.05, 3.63) is 83.9 Å². The zero-order valence-corrected chi connectivity index (χ0v) is 12.0. The van der Waals surface area contributed by atoms with Crippen molar-refractivity contribution < 1.29 is 5.11 Å². The van der Waals surface area contributed by atoms with Crippen molar-refractivity contribution in [3.8, 4) is 5.75 Å². The van der Waals surface area contributed by atoms with Crippen LogP contribution < -0.4 is 0 Å². The van der Waals surface area contributed by atoms with Crippen molar-refractivity contribution in [1.82, 2.24) is 9.55 Å². The summed E-state index contributed by atoms with van der Waals surface area (Å²) < 4.78 is 2.16. The Hall–Kier alpha value is -2.55. The lowest BCUT2D eigenvalue weighted by Crippen LogP contribution is -2.08. The molecule has 0 saturated carbocycles. The van der Waals surface area contributed by atoms with E-state index in [1.165, 1.54) is 5.56 Å². The Morgan fingerprint density at radius 1 is 1.05 bits per heavy atom. The van der Waals surface area contributed by atoms with Crippen molar-refractivity contribution in [1.29, 1.82) is 0 Å². The van der Waals surface area contributed by atoms with Crippen LogP contribution in [0, 0.1) is 0 Å². The third-order valence-corrected chi connectivity index (χ3v) is 3.72. The minimum absolute atomic E-state index is 0.248. The Kier molecular flexibility index (Phi) is 3.73. The molecule has 2 aromatic carbocycles. The summed E-state index contributed by atoms with van der Waals surface area (Å²) in [6, 6.07) is 17.7. The van der Waals surface area contributed by atoms with E-state index in [0.717, 1.165) is 17.9 Å². The molecule has 1 aromatic heterocycles. The summed E-state index contributed by atoms with van der Waals surface area (Å²) in [4.78, 5) is 4.52. The van der Waals surface area contributed by atoms with Gasteiger partial charge in [0, 0.05) is 24.9 Å². The van der Waals surface area contributed by atoms with Crippen LogP contribution in [0.3, 0.4) is 0 Å². The molecule has 0 aliphatic heterocycles. The first-order valence-electron chi connectivity index (χ1n) is 7.08. The predicted octanol–water partition coefficient (Wildman–Crippen LogP) is 3.79. The number of hydrogen-bond acceptors (Lipinski definition) is 2. The van der Waals surface area contributed by atoms with Crippen LogP contribution in [-0.4, -0.2) is 14.7 Å². The highest BCUT2D eigenvalue weighted by molar-refractivity contribution is 5.28. The van der Waals surface area contributed by atoms with E-state index in [4.69, 9.17) is 0 Å². The van der Waals surface area contributed by atoms with E-state index >= 15 is 0 Å². The van der Waals surface area contributed by atoms with E-state index in [0.29, 0.717) is 5.75 Å². The maximum Gasteiger partial charge on any atom is 0.116 e. The zero-order valence-electron chi connectivity index (χ0n) is 12.0. The second-order valence-corrected chi connectivity index (χ2v) is 5.21. The van der Waals surface area contributed by atoms with Gasteiger partial charge in [0.15, 0.2) is 0 Å². The smallest absolute Gasteiger partial charge is 0.116 e. The fraction of sp³-hybridized carbons (Fsp3) is 0.167. The second-order valence-electron chi connectivity index (χ2n) is 5.21. The normalized spacial score (nSPS) is 12.2. The first kappa shape index (κ1) is 13.4. The van der Waals surface area contributed by atoms with Gasteiger partial charge in [-0.2, -0.15) is 0 Å². The van der Waals surface area contributed by atoms with Crippen LogP contribution in [-0.2, 0) is 6.54 Å². The monoisotopic (exact) mass is 278 g/mol. The quantitative estimate of drug-likeness (QED) is 0.788. The van der Waals surface area contributed by atoms with Crippen LogP contribution in [0.2, 0.25) is 0 Å². The molecule has 0 bridgehead atoms. The second kappa shape index (κ2) is 5.83. The summed E-state index contributed by atoms with van der Waals surface area (Å²) in [5, 5.41) is 9.36. The van der Waals surface area contributed by atoms with Crippen LogP contribution in [0.5, 0.6) is 5.75 Å². The number of benzene rings is 2. The van der Waals surface area contributed by atoms with Gasteiger partial charge in [-0.1, -0.05) is 49.4 Å². The van der Waals surface area contributed by atoms with Crippen LogP contribution in [0.15, 0.2) is 67.0 Å². The van der Waals surface area contributed by atoms with Crippen molar-refractivity contribution in [2.75, 3.05) is 0 Å². The molecular weight excluding hydrogens is 260 g/mol. The van der Waals surface area contributed by atoms with Crippen LogP contribution in [0.1, 0.15) is 29.8 Å². The average Bonchev–Trinajstić information content (AvgIpc) is 2.98. The SMILES string of the molecule is CC(c1ccccc1)c1nccn1Cc1ccc(O)cc1. The highest BCUT2D eigenvalue weighted by atomic mass is 16.3. The molecule has 0 saturated heterocycles. The average molecular weight is 278 g/mol. The molecule has 21 heavy (non-hydrogen) atoms. The number of rotatable bonds is 4. The van der Waals surface area contributed by atoms with E-state index in [9.17, 15) is 5.11 Å². The topological polar surface area (TPSA) is 38.0 Å². The molecule has 0 fully saturated rings. The molecule has 3 nitrogen and oxygen atoms in total. The van der Waals surface area contributed by atoms with Gasteiger partial charge in [0.25, 0.3) is 0 Å². The molecule has 1 N–H and O–H groups in total. The van der Waals surface area contributed by atoms with Gasteiger partial charge in [0.1, 0.15) is 11.6 Å². The molecule has 0 amide bonds. The Morgan fingerprint density at radius 3 is 2.48 bits per heavy atom. The summed E-state index contributed by atoms with van der Waals surface area (Å²) in [6.07, 6.45) is 3.84. The Labute approximate surface area is 124 Å². The molecule has 1 heterocycles. The molecule has 3 heteroatoms. The molecule has 0 spiro atoms. The number of hydrogen-bond donors (Lipinski definition) is 1. The van der Waals surface area contributed by atoms with Gasteiger partial charge in [0.2, 0.25) is 0 Å². The number of nitrogens with zero attached hydrogens (tertiary/aromatic N) is 2. The van der Waals surface area contributed by atoms with Gasteiger partial charge >= 0.3 is 0 Å². The number of phenols is 1. The summed E-state index contributed by atoms with van der Waals surface area (Å²) in [5.74, 6) is 1.59. The van der Waals surface area contributed by atoms with Gasteiger partial charge in [0.05, 0.1) is 0 Å². The van der Waals surface area contributed by atoms with Gasteiger partial charge < -0.3 is 9.67 Å². The molecule has 3 aromatic rings. The number of imidazole rings is 1. The molecule has 3 rings (SSSR count). The van der Waals surface area contributed by atoms with E-state index < -0.39 is 0 Å². The molecule has 0 aliphatic carbocycles. The van der Waals surface area contributed by atoms with E-state index in [1.54, 1.807) is 12.1 Å². The highest BCUT2D eigenvalue weighted by Gasteiger charge is 2.14. The third kappa shape index (κ3) is 2.97. The molecule has 0 radical (unpaired) electrons. The van der Waals surface area contributed by atoms with Crippen molar-refractivity contribution in [3.63, 3.8) is 0 Å². The van der Waals surface area contributed by atoms with Crippen molar-refractivity contribution in [2.45, 2.75) is 19.4 Å². The first-order chi connectivity index (χ1) is 10.2. The van der Waals surface area contributed by atoms with Crippen molar-refractivity contribution in [2.24, 2.45) is 0 Å². The van der Waals surface area contributed by atoms with Gasteiger partial charge in [-0.3, -0.25) is 0 Å². The fourth-order valence-electron chi connectivity index (χ4n) is 2.52. The lowest BCUT2D eigenvalue weighted by Gasteiger charge is -2.14. The number of aromatic hydroxyl groups is 1. The molecule has 0 aliphatic rings. The Balaban J connectivity index is 1.85. The van der Waals surface area contributed by atoms with E-state index in [2.05, 4.69) is 40.7 Å². The summed E-state index contributed by atoms with van der Waals surface area (Å²) in [6.45, 7) is 2.93. The van der Waals surface area contributed by atoms with Crippen LogP contribution >= 0.6 is 0 Å². The summed E-state index contributed by atoms with van der Waals surface area (Å²) in [7, 11) is 0. The van der Waals surface area contributed by atoms with Gasteiger partial charge in [-0.25, -0.2) is 4.98 Å². The lowest BCUT2D eigenvalue weighted by atomic mass is 10.0. The molecule has 106 valence electrons. The predicted molar refractivity (Wildman–Crippen MR) is 83.4 cm³/mol. The third-order valence-electron chi connectivity index (χ3n) is 3.72. The minimum atomic E-state index is 0.248. The minimum Gasteiger partial charge on any atom is -0.508 e. The van der Waals surface area contributed by atoms with Crippen LogP contribution in [0.25, 0.3) is 0 Å². The van der Waals surface area contributed by atoms with E-state index in [1.807, 2.05) is 30.6 Å². The molecule has 1 unspecified atom stereocenters. The largest absolute Gasteiger partial charge is 0.508 e. The number of aromatic nitrogens is 2.